The number of hydrogen-bond donors (Lipinski definition) is 5. The van der Waals surface area contributed by atoms with Gasteiger partial charge in [-0.05, 0) is 30.3 Å². The summed E-state index contributed by atoms with van der Waals surface area (Å²) in [5, 5.41) is 40.0. The van der Waals surface area contributed by atoms with Crippen LogP contribution in [0.1, 0.15) is 15.9 Å². The third-order valence-electron chi connectivity index (χ3n) is 2.78. The summed E-state index contributed by atoms with van der Waals surface area (Å²) in [6, 6.07) is 8.32. The van der Waals surface area contributed by atoms with Crippen molar-refractivity contribution in [1.82, 2.24) is 0 Å². The molecular formula is C14H13NO5. The summed E-state index contributed by atoms with van der Waals surface area (Å²) in [4.78, 5) is 10.9. The van der Waals surface area contributed by atoms with Crippen LogP contribution in [0.4, 0.5) is 5.69 Å². The monoisotopic (exact) mass is 275 g/mol. The molecule has 0 spiro atoms. The van der Waals surface area contributed by atoms with Gasteiger partial charge >= 0.3 is 5.97 Å². The molecule has 0 atom stereocenters. The molecule has 2 rings (SSSR count). The lowest BCUT2D eigenvalue weighted by molar-refractivity contribution is 0.0694. The molecular weight excluding hydrogens is 262 g/mol. The number of carbonyl (C=O) groups is 1. The van der Waals surface area contributed by atoms with Crippen LogP contribution in [0.5, 0.6) is 17.2 Å². The number of phenolic OH excluding ortho intramolecular Hbond substituents is 2. The third kappa shape index (κ3) is 2.92. The Kier molecular flexibility index (Phi) is 3.65. The van der Waals surface area contributed by atoms with Crippen molar-refractivity contribution in [3.05, 3.63) is 47.5 Å². The second-order valence-electron chi connectivity index (χ2n) is 4.20. The zero-order chi connectivity index (χ0) is 14.7. The molecule has 104 valence electrons. The molecule has 0 radical (unpaired) electrons. The first-order chi connectivity index (χ1) is 9.47. The van der Waals surface area contributed by atoms with Crippen molar-refractivity contribution in [2.45, 2.75) is 6.54 Å². The highest BCUT2D eigenvalue weighted by Crippen LogP contribution is 2.25. The van der Waals surface area contributed by atoms with Gasteiger partial charge in [-0.25, -0.2) is 4.79 Å². The summed E-state index contributed by atoms with van der Waals surface area (Å²) < 4.78 is 0. The Labute approximate surface area is 114 Å². The van der Waals surface area contributed by atoms with Gasteiger partial charge in [0.15, 0.2) is 0 Å². The van der Waals surface area contributed by atoms with E-state index in [1.165, 1.54) is 30.3 Å². The Hall–Kier alpha value is -2.89. The predicted octanol–water partition coefficient (Wildman–Crippen LogP) is 2.11. The first-order valence-corrected chi connectivity index (χ1v) is 5.78. The number of aromatic carboxylic acids is 1. The van der Waals surface area contributed by atoms with Crippen LogP contribution in [0.3, 0.4) is 0 Å². The van der Waals surface area contributed by atoms with E-state index in [1.807, 2.05) is 0 Å². The summed E-state index contributed by atoms with van der Waals surface area (Å²) >= 11 is 0. The van der Waals surface area contributed by atoms with Crippen molar-refractivity contribution in [3.63, 3.8) is 0 Å². The maximum atomic E-state index is 10.9. The molecule has 5 N–H and O–H groups in total. The Morgan fingerprint density at radius 2 is 1.75 bits per heavy atom. The molecule has 0 saturated carbocycles. The molecule has 0 fully saturated rings. The lowest BCUT2D eigenvalue weighted by Gasteiger charge is -2.09. The van der Waals surface area contributed by atoms with E-state index in [-0.39, 0.29) is 29.4 Å². The largest absolute Gasteiger partial charge is 0.508 e. The van der Waals surface area contributed by atoms with Crippen molar-refractivity contribution in [2.75, 3.05) is 5.32 Å². The first kappa shape index (κ1) is 13.5. The van der Waals surface area contributed by atoms with Crippen molar-refractivity contribution in [2.24, 2.45) is 0 Å². The second kappa shape index (κ2) is 5.40. The van der Waals surface area contributed by atoms with Crippen LogP contribution < -0.4 is 5.32 Å². The molecule has 0 aliphatic heterocycles. The predicted molar refractivity (Wildman–Crippen MR) is 72.2 cm³/mol. The lowest BCUT2D eigenvalue weighted by atomic mass is 10.1. The molecule has 2 aromatic rings. The van der Waals surface area contributed by atoms with Crippen LogP contribution in [-0.4, -0.2) is 26.4 Å². The van der Waals surface area contributed by atoms with E-state index in [0.29, 0.717) is 11.3 Å². The number of hydrogen-bond acceptors (Lipinski definition) is 5. The third-order valence-corrected chi connectivity index (χ3v) is 2.78. The van der Waals surface area contributed by atoms with Gasteiger partial charge in [-0.15, -0.1) is 0 Å². The number of anilines is 1. The van der Waals surface area contributed by atoms with Gasteiger partial charge in [0.05, 0.1) is 0 Å². The van der Waals surface area contributed by atoms with Gasteiger partial charge in [-0.3, -0.25) is 0 Å². The normalized spacial score (nSPS) is 10.2. The van der Waals surface area contributed by atoms with Crippen molar-refractivity contribution >= 4 is 11.7 Å². The average molecular weight is 275 g/mol. The molecule has 0 heterocycles. The van der Waals surface area contributed by atoms with Gasteiger partial charge in [0.2, 0.25) is 0 Å². The topological polar surface area (TPSA) is 110 Å². The molecule has 2 aromatic carbocycles. The van der Waals surface area contributed by atoms with Gasteiger partial charge in [-0.2, -0.15) is 0 Å². The SMILES string of the molecule is O=C(O)c1cc(NCc2ccc(O)cc2O)ccc1O. The number of nitrogens with one attached hydrogen (secondary N) is 1. The summed E-state index contributed by atoms with van der Waals surface area (Å²) in [7, 11) is 0. The highest BCUT2D eigenvalue weighted by atomic mass is 16.4. The number of carboxylic acids is 1. The molecule has 0 aliphatic carbocycles. The Bertz CT molecular complexity index is 654. The van der Waals surface area contributed by atoms with Gasteiger partial charge < -0.3 is 25.7 Å². The van der Waals surface area contributed by atoms with E-state index in [0.717, 1.165) is 0 Å². The van der Waals surface area contributed by atoms with Gasteiger partial charge in [0.1, 0.15) is 22.8 Å². The molecule has 20 heavy (non-hydrogen) atoms. The number of phenols is 3. The molecule has 0 aliphatic rings. The minimum Gasteiger partial charge on any atom is -0.508 e. The van der Waals surface area contributed by atoms with E-state index < -0.39 is 5.97 Å². The molecule has 0 unspecified atom stereocenters. The summed E-state index contributed by atoms with van der Waals surface area (Å²) in [5.74, 6) is -1.63. The first-order valence-electron chi connectivity index (χ1n) is 5.78. The van der Waals surface area contributed by atoms with E-state index in [9.17, 15) is 20.1 Å². The van der Waals surface area contributed by atoms with Crippen molar-refractivity contribution < 1.29 is 25.2 Å². The summed E-state index contributed by atoms with van der Waals surface area (Å²) in [5.41, 5.74) is 0.838. The van der Waals surface area contributed by atoms with Crippen LogP contribution in [0.25, 0.3) is 0 Å². The number of aromatic hydroxyl groups is 3. The molecule has 0 saturated heterocycles. The van der Waals surface area contributed by atoms with Crippen molar-refractivity contribution in [1.29, 1.82) is 0 Å². The molecule has 0 bridgehead atoms. The van der Waals surface area contributed by atoms with Crippen LogP contribution in [0, 0.1) is 0 Å². The Balaban J connectivity index is 2.15. The minimum atomic E-state index is -1.22. The van der Waals surface area contributed by atoms with Gasteiger partial charge in [-0.1, -0.05) is 0 Å². The highest BCUT2D eigenvalue weighted by molar-refractivity contribution is 5.92. The summed E-state index contributed by atoms with van der Waals surface area (Å²) in [6.07, 6.45) is 0. The fraction of sp³-hybridized carbons (Fsp3) is 0.0714. The van der Waals surface area contributed by atoms with E-state index in [1.54, 1.807) is 6.07 Å². The van der Waals surface area contributed by atoms with Crippen LogP contribution in [0.15, 0.2) is 36.4 Å². The van der Waals surface area contributed by atoms with Gasteiger partial charge in [0, 0.05) is 23.9 Å². The highest BCUT2D eigenvalue weighted by Gasteiger charge is 2.10. The second-order valence-corrected chi connectivity index (χ2v) is 4.20. The smallest absolute Gasteiger partial charge is 0.339 e. The molecule has 6 nitrogen and oxygen atoms in total. The fourth-order valence-electron chi connectivity index (χ4n) is 1.72. The zero-order valence-electron chi connectivity index (χ0n) is 10.4. The van der Waals surface area contributed by atoms with Crippen molar-refractivity contribution in [3.8, 4) is 17.2 Å². The maximum absolute atomic E-state index is 10.9. The molecule has 0 aromatic heterocycles. The number of benzene rings is 2. The van der Waals surface area contributed by atoms with E-state index >= 15 is 0 Å². The molecule has 6 heteroatoms. The van der Waals surface area contributed by atoms with E-state index in [4.69, 9.17) is 5.11 Å². The summed E-state index contributed by atoms with van der Waals surface area (Å²) in [6.45, 7) is 0.246. The fourth-order valence-corrected chi connectivity index (χ4v) is 1.72. The quantitative estimate of drug-likeness (QED) is 0.547. The molecule has 0 amide bonds. The minimum absolute atomic E-state index is 0.0379. The average Bonchev–Trinajstić information content (AvgIpc) is 2.39. The number of carboxylic acid groups (broad SMARTS) is 1. The Morgan fingerprint density at radius 3 is 2.40 bits per heavy atom. The number of rotatable bonds is 4. The zero-order valence-corrected chi connectivity index (χ0v) is 10.4. The maximum Gasteiger partial charge on any atom is 0.339 e. The standard InChI is InChI=1S/C14H13NO5/c16-10-3-1-8(13(18)6-10)7-15-9-2-4-12(17)11(5-9)14(19)20/h1-6,15-18H,7H2,(H,19,20). The van der Waals surface area contributed by atoms with Crippen LogP contribution in [-0.2, 0) is 6.54 Å². The van der Waals surface area contributed by atoms with Crippen LogP contribution in [0.2, 0.25) is 0 Å². The van der Waals surface area contributed by atoms with Gasteiger partial charge in [0.25, 0.3) is 0 Å². The van der Waals surface area contributed by atoms with E-state index in [2.05, 4.69) is 5.32 Å². The lowest BCUT2D eigenvalue weighted by Crippen LogP contribution is -2.02. The Morgan fingerprint density at radius 1 is 1.00 bits per heavy atom. The van der Waals surface area contributed by atoms with Crippen LogP contribution >= 0.6 is 0 Å².